The zero-order chi connectivity index (χ0) is 13.1. The number of rotatable bonds is 5. The zero-order valence-electron chi connectivity index (χ0n) is 10.2. The molecule has 0 fully saturated rings. The molecule has 0 radical (unpaired) electrons. The molecule has 0 heterocycles. The Bertz CT molecular complexity index is 383. The van der Waals surface area contributed by atoms with Gasteiger partial charge in [-0.15, -0.1) is 0 Å². The first-order valence-electron chi connectivity index (χ1n) is 5.25. The Hall–Kier alpha value is -1.20. The molecule has 1 unspecified atom stereocenters. The molecule has 1 aromatic carbocycles. The molecule has 1 rings (SSSR count). The van der Waals surface area contributed by atoms with Gasteiger partial charge in [-0.05, 0) is 26.0 Å². The third-order valence-corrected chi connectivity index (χ3v) is 2.73. The average molecular weight is 245 g/mol. The first-order valence-corrected chi connectivity index (χ1v) is 5.25. The van der Waals surface area contributed by atoms with E-state index in [0.29, 0.717) is 0 Å². The Morgan fingerprint density at radius 1 is 1.35 bits per heavy atom. The summed E-state index contributed by atoms with van der Waals surface area (Å²) in [4.78, 5) is 0. The molecule has 0 saturated heterocycles. The van der Waals surface area contributed by atoms with Gasteiger partial charge in [-0.25, -0.2) is 8.78 Å². The molecular weight excluding hydrogens is 228 g/mol. The second-order valence-corrected chi connectivity index (χ2v) is 4.30. The lowest BCUT2D eigenvalue weighted by atomic mass is 10.0. The van der Waals surface area contributed by atoms with Crippen molar-refractivity contribution >= 4 is 0 Å². The molecule has 5 heteroatoms. The van der Waals surface area contributed by atoms with E-state index in [1.165, 1.54) is 7.11 Å². The van der Waals surface area contributed by atoms with Crippen molar-refractivity contribution in [2.75, 3.05) is 13.7 Å². The van der Waals surface area contributed by atoms with Crippen molar-refractivity contribution in [1.82, 2.24) is 0 Å². The molecule has 0 aliphatic heterocycles. The minimum absolute atomic E-state index is 0.0429. The van der Waals surface area contributed by atoms with Crippen LogP contribution in [-0.2, 0) is 4.74 Å². The molecule has 96 valence electrons. The van der Waals surface area contributed by atoms with Crippen LogP contribution in [0, 0.1) is 11.6 Å². The normalized spacial score (nSPS) is 13.5. The number of halogens is 2. The smallest absolute Gasteiger partial charge is 0.165 e. The SMILES string of the molecule is COC(C)(C)C(N)COc1cc(F)ccc1F. The minimum atomic E-state index is -0.617. The second-order valence-electron chi connectivity index (χ2n) is 4.30. The first kappa shape index (κ1) is 13.9. The monoisotopic (exact) mass is 245 g/mol. The van der Waals surface area contributed by atoms with E-state index >= 15 is 0 Å². The molecular formula is C12H17F2NO2. The van der Waals surface area contributed by atoms with Crippen LogP contribution in [0.15, 0.2) is 18.2 Å². The van der Waals surface area contributed by atoms with Crippen LogP contribution in [0.4, 0.5) is 8.78 Å². The summed E-state index contributed by atoms with van der Waals surface area (Å²) in [5.74, 6) is -1.32. The minimum Gasteiger partial charge on any atom is -0.489 e. The number of ether oxygens (including phenoxy) is 2. The van der Waals surface area contributed by atoms with Crippen molar-refractivity contribution in [3.05, 3.63) is 29.8 Å². The van der Waals surface area contributed by atoms with Crippen LogP contribution in [0.1, 0.15) is 13.8 Å². The molecule has 3 nitrogen and oxygen atoms in total. The largest absolute Gasteiger partial charge is 0.489 e. The molecule has 2 N–H and O–H groups in total. The van der Waals surface area contributed by atoms with Gasteiger partial charge >= 0.3 is 0 Å². The Morgan fingerprint density at radius 3 is 2.59 bits per heavy atom. The van der Waals surface area contributed by atoms with Crippen LogP contribution in [0.3, 0.4) is 0 Å². The summed E-state index contributed by atoms with van der Waals surface area (Å²) >= 11 is 0. The fraction of sp³-hybridized carbons (Fsp3) is 0.500. The van der Waals surface area contributed by atoms with Gasteiger partial charge in [-0.3, -0.25) is 0 Å². The lowest BCUT2D eigenvalue weighted by Gasteiger charge is -2.29. The van der Waals surface area contributed by atoms with Crippen LogP contribution < -0.4 is 10.5 Å². The summed E-state index contributed by atoms with van der Waals surface area (Å²) in [5.41, 5.74) is 5.24. The van der Waals surface area contributed by atoms with Crippen LogP contribution >= 0.6 is 0 Å². The highest BCUT2D eigenvalue weighted by Crippen LogP contribution is 2.19. The molecule has 17 heavy (non-hydrogen) atoms. The van der Waals surface area contributed by atoms with Crippen molar-refractivity contribution in [3.8, 4) is 5.75 Å². The molecule has 0 saturated carbocycles. The number of hydrogen-bond donors (Lipinski definition) is 1. The average Bonchev–Trinajstić information content (AvgIpc) is 2.29. The molecule has 0 spiro atoms. The molecule has 0 aliphatic carbocycles. The fourth-order valence-electron chi connectivity index (χ4n) is 1.12. The number of nitrogens with two attached hydrogens (primary N) is 1. The standard InChI is InChI=1S/C12H17F2NO2/c1-12(2,16-3)11(15)7-17-10-6-8(13)4-5-9(10)14/h4-6,11H,7,15H2,1-3H3. The maximum absolute atomic E-state index is 13.2. The summed E-state index contributed by atoms with van der Waals surface area (Å²) in [7, 11) is 1.53. The van der Waals surface area contributed by atoms with Crippen molar-refractivity contribution in [2.45, 2.75) is 25.5 Å². The Morgan fingerprint density at radius 2 is 2.00 bits per heavy atom. The predicted octanol–water partition coefficient (Wildman–Crippen LogP) is 2.10. The second kappa shape index (κ2) is 5.42. The third kappa shape index (κ3) is 3.64. The van der Waals surface area contributed by atoms with Crippen molar-refractivity contribution < 1.29 is 18.3 Å². The fourth-order valence-corrected chi connectivity index (χ4v) is 1.12. The summed E-state index contributed by atoms with van der Waals surface area (Å²) in [6.45, 7) is 3.63. The van der Waals surface area contributed by atoms with Crippen LogP contribution in [0.2, 0.25) is 0 Å². The van der Waals surface area contributed by atoms with E-state index in [2.05, 4.69) is 0 Å². The highest BCUT2D eigenvalue weighted by atomic mass is 19.1. The maximum atomic E-state index is 13.2. The van der Waals surface area contributed by atoms with Crippen LogP contribution in [0.25, 0.3) is 0 Å². The highest BCUT2D eigenvalue weighted by molar-refractivity contribution is 5.24. The summed E-state index contributed by atoms with van der Waals surface area (Å²) in [5, 5.41) is 0. The van der Waals surface area contributed by atoms with Gasteiger partial charge in [0.25, 0.3) is 0 Å². The molecule has 1 aromatic rings. The Labute approximate surface area is 99.5 Å². The molecule has 0 aliphatic rings. The molecule has 0 aromatic heterocycles. The molecule has 1 atom stereocenters. The first-order chi connectivity index (χ1) is 7.86. The lowest BCUT2D eigenvalue weighted by Crippen LogP contribution is -2.48. The van der Waals surface area contributed by atoms with Crippen LogP contribution in [-0.4, -0.2) is 25.4 Å². The third-order valence-electron chi connectivity index (χ3n) is 2.73. The lowest BCUT2D eigenvalue weighted by molar-refractivity contribution is -0.0113. The van der Waals surface area contributed by atoms with Crippen molar-refractivity contribution in [3.63, 3.8) is 0 Å². The van der Waals surface area contributed by atoms with E-state index in [0.717, 1.165) is 18.2 Å². The van der Waals surface area contributed by atoms with Gasteiger partial charge in [0.05, 0.1) is 11.6 Å². The van der Waals surface area contributed by atoms with Gasteiger partial charge in [0.15, 0.2) is 11.6 Å². The van der Waals surface area contributed by atoms with Gasteiger partial charge in [-0.1, -0.05) is 0 Å². The zero-order valence-corrected chi connectivity index (χ0v) is 10.2. The Balaban J connectivity index is 2.64. The van der Waals surface area contributed by atoms with Gasteiger partial charge in [0, 0.05) is 13.2 Å². The van der Waals surface area contributed by atoms with E-state index < -0.39 is 23.3 Å². The Kier molecular flexibility index (Phi) is 4.42. The van der Waals surface area contributed by atoms with E-state index in [1.54, 1.807) is 13.8 Å². The van der Waals surface area contributed by atoms with E-state index in [4.69, 9.17) is 15.2 Å². The predicted molar refractivity (Wildman–Crippen MR) is 60.9 cm³/mol. The number of methoxy groups -OCH3 is 1. The number of hydrogen-bond acceptors (Lipinski definition) is 3. The summed E-state index contributed by atoms with van der Waals surface area (Å²) in [6.07, 6.45) is 0. The van der Waals surface area contributed by atoms with Crippen LogP contribution in [0.5, 0.6) is 5.75 Å². The quantitative estimate of drug-likeness (QED) is 0.864. The summed E-state index contributed by atoms with van der Waals surface area (Å²) in [6, 6.07) is 2.58. The van der Waals surface area contributed by atoms with Gasteiger partial charge < -0.3 is 15.2 Å². The molecule has 0 amide bonds. The van der Waals surface area contributed by atoms with Crippen molar-refractivity contribution in [2.24, 2.45) is 5.73 Å². The molecule has 0 bridgehead atoms. The topological polar surface area (TPSA) is 44.5 Å². The maximum Gasteiger partial charge on any atom is 0.165 e. The van der Waals surface area contributed by atoms with E-state index in [1.807, 2.05) is 0 Å². The van der Waals surface area contributed by atoms with E-state index in [-0.39, 0.29) is 12.4 Å². The summed E-state index contributed by atoms with van der Waals surface area (Å²) < 4.78 is 36.4. The van der Waals surface area contributed by atoms with Crippen molar-refractivity contribution in [1.29, 1.82) is 0 Å². The van der Waals surface area contributed by atoms with Gasteiger partial charge in [0.2, 0.25) is 0 Å². The van der Waals surface area contributed by atoms with E-state index in [9.17, 15) is 8.78 Å². The highest BCUT2D eigenvalue weighted by Gasteiger charge is 2.26. The number of benzene rings is 1. The van der Waals surface area contributed by atoms with Gasteiger partial charge in [0.1, 0.15) is 12.4 Å². The van der Waals surface area contributed by atoms with Gasteiger partial charge in [-0.2, -0.15) is 0 Å².